The Morgan fingerprint density at radius 3 is 2.08 bits per heavy atom. The average molecular weight is 862 g/mol. The van der Waals surface area contributed by atoms with Gasteiger partial charge in [-0.1, -0.05) is 109 Å². The van der Waals surface area contributed by atoms with E-state index < -0.39 is 0 Å². The second kappa shape index (κ2) is 13.9. The monoisotopic (exact) mass is 861 g/mol. The summed E-state index contributed by atoms with van der Waals surface area (Å²) < 4.78 is 10.8. The molecular weight excluding hydrogens is 820 g/mol. The molecule has 5 aromatic carbocycles. The molecule has 0 aliphatic heterocycles. The maximum Gasteiger partial charge on any atom is 2.00 e. The maximum absolute atomic E-state index is 6.57. The van der Waals surface area contributed by atoms with E-state index >= 15 is 0 Å². The van der Waals surface area contributed by atoms with Crippen LogP contribution < -0.4 is 4.74 Å². The van der Waals surface area contributed by atoms with Crippen molar-refractivity contribution in [1.29, 1.82) is 0 Å². The smallest absolute Gasteiger partial charge is 0.509 e. The van der Waals surface area contributed by atoms with Crippen molar-refractivity contribution < 1.29 is 25.8 Å². The first-order valence-corrected chi connectivity index (χ1v) is 17.8. The summed E-state index contributed by atoms with van der Waals surface area (Å²) in [5.41, 5.74) is 9.89. The average Bonchev–Trinajstić information content (AvgIpc) is 3.67. The molecule has 0 fully saturated rings. The van der Waals surface area contributed by atoms with E-state index in [1.54, 1.807) is 0 Å². The standard InChI is InChI=1S/C46H42N4O.Pt/c1-29(2)35-18-13-19-36(30(3)4)44(35)45-39-17-8-10-20-40(39)48-50(45)32-14-12-15-33(27-32)51-34-22-23-38-37-16-9-11-21-41(37)49(42(38)28-34)43-26-31(24-25-47-43)46(5,6)7;/h8-26,29-30H,1-7H3;/q-2;+2. The number of hydrogen-bond donors (Lipinski definition) is 0. The fourth-order valence-electron chi connectivity index (χ4n) is 7.19. The van der Waals surface area contributed by atoms with Crippen molar-refractivity contribution in [1.82, 2.24) is 19.3 Å². The Bertz CT molecular complexity index is 2540. The Morgan fingerprint density at radius 1 is 0.673 bits per heavy atom. The third-order valence-corrected chi connectivity index (χ3v) is 9.79. The van der Waals surface area contributed by atoms with Gasteiger partial charge >= 0.3 is 21.1 Å². The van der Waals surface area contributed by atoms with Crippen molar-refractivity contribution in [3.8, 4) is 34.3 Å². The Hall–Kier alpha value is -4.99. The van der Waals surface area contributed by atoms with Crippen molar-refractivity contribution in [3.05, 3.63) is 144 Å². The van der Waals surface area contributed by atoms with Gasteiger partial charge in [0.1, 0.15) is 5.82 Å². The van der Waals surface area contributed by atoms with Gasteiger partial charge in [0.2, 0.25) is 0 Å². The first-order chi connectivity index (χ1) is 24.6. The third kappa shape index (κ3) is 6.26. The number of pyridine rings is 1. The molecule has 8 rings (SSSR count). The van der Waals surface area contributed by atoms with Crippen LogP contribution in [0.15, 0.2) is 115 Å². The molecule has 0 spiro atoms. The van der Waals surface area contributed by atoms with Crippen LogP contribution in [0.1, 0.15) is 77.0 Å². The van der Waals surface area contributed by atoms with Gasteiger partial charge in [-0.25, -0.2) is 4.98 Å². The van der Waals surface area contributed by atoms with E-state index in [-0.39, 0.29) is 26.5 Å². The summed E-state index contributed by atoms with van der Waals surface area (Å²) in [6.07, 6.45) is 1.90. The molecule has 262 valence electrons. The van der Waals surface area contributed by atoms with Gasteiger partial charge in [0.25, 0.3) is 0 Å². The van der Waals surface area contributed by atoms with Crippen LogP contribution in [0.4, 0.5) is 0 Å². The molecule has 3 aromatic heterocycles. The van der Waals surface area contributed by atoms with Crippen molar-refractivity contribution in [2.75, 3.05) is 0 Å². The fraction of sp³-hybridized carbons (Fsp3) is 0.217. The van der Waals surface area contributed by atoms with Crippen LogP contribution in [0, 0.1) is 12.1 Å². The zero-order chi connectivity index (χ0) is 35.4. The zero-order valence-corrected chi connectivity index (χ0v) is 32.9. The second-order valence-electron chi connectivity index (χ2n) is 15.0. The maximum atomic E-state index is 6.57. The zero-order valence-electron chi connectivity index (χ0n) is 30.6. The molecule has 0 bridgehead atoms. The minimum Gasteiger partial charge on any atom is -0.509 e. The Balaban J connectivity index is 0.00000420. The summed E-state index contributed by atoms with van der Waals surface area (Å²) in [6.45, 7) is 15.7. The number of benzene rings is 5. The summed E-state index contributed by atoms with van der Waals surface area (Å²) in [6, 6.07) is 45.1. The summed E-state index contributed by atoms with van der Waals surface area (Å²) in [7, 11) is 0. The Morgan fingerprint density at radius 2 is 1.35 bits per heavy atom. The number of aromatic nitrogens is 4. The molecule has 0 N–H and O–H groups in total. The molecule has 0 radical (unpaired) electrons. The molecule has 8 aromatic rings. The minimum atomic E-state index is -0.0111. The number of fused-ring (bicyclic) bond motifs is 4. The first kappa shape index (κ1) is 35.4. The van der Waals surface area contributed by atoms with E-state index in [2.05, 4.69) is 144 Å². The number of para-hydroxylation sites is 1. The molecule has 0 aliphatic rings. The molecule has 0 saturated carbocycles. The molecule has 0 aliphatic carbocycles. The summed E-state index contributed by atoms with van der Waals surface area (Å²) in [4.78, 5) is 4.83. The Labute approximate surface area is 320 Å². The van der Waals surface area contributed by atoms with Crippen LogP contribution in [-0.2, 0) is 26.5 Å². The topological polar surface area (TPSA) is 44.9 Å². The summed E-state index contributed by atoms with van der Waals surface area (Å²) >= 11 is 0. The normalized spacial score (nSPS) is 11.9. The van der Waals surface area contributed by atoms with Gasteiger partial charge in [0.05, 0.1) is 11.2 Å². The van der Waals surface area contributed by atoms with Crippen molar-refractivity contribution in [2.24, 2.45) is 0 Å². The first-order valence-electron chi connectivity index (χ1n) is 17.8. The van der Waals surface area contributed by atoms with Crippen LogP contribution in [0.3, 0.4) is 0 Å². The molecule has 6 heteroatoms. The van der Waals surface area contributed by atoms with E-state index in [9.17, 15) is 0 Å². The largest absolute Gasteiger partial charge is 2.00 e. The number of nitrogens with zero attached hydrogens (tertiary/aromatic N) is 4. The summed E-state index contributed by atoms with van der Waals surface area (Å²) in [5, 5.41) is 8.51. The molecule has 0 atom stereocenters. The van der Waals surface area contributed by atoms with Gasteiger partial charge in [0, 0.05) is 34.2 Å². The van der Waals surface area contributed by atoms with E-state index in [0.29, 0.717) is 23.3 Å². The molecular formula is C46H42N4OPt. The van der Waals surface area contributed by atoms with Crippen LogP contribution >= 0.6 is 0 Å². The molecule has 52 heavy (non-hydrogen) atoms. The van der Waals surface area contributed by atoms with Gasteiger partial charge in [-0.3, -0.25) is 4.68 Å². The number of hydrogen-bond acceptors (Lipinski definition) is 3. The second-order valence-corrected chi connectivity index (χ2v) is 15.0. The fourth-order valence-corrected chi connectivity index (χ4v) is 7.19. The molecule has 0 unspecified atom stereocenters. The van der Waals surface area contributed by atoms with Crippen molar-refractivity contribution >= 4 is 32.7 Å². The Kier molecular flexibility index (Phi) is 9.44. The van der Waals surface area contributed by atoms with Gasteiger partial charge in [-0.15, -0.1) is 35.7 Å². The van der Waals surface area contributed by atoms with E-state index in [4.69, 9.17) is 14.8 Å². The number of ether oxygens (including phenoxy) is 1. The molecule has 0 amide bonds. The SMILES string of the molecule is CC(C)c1cccc(C(C)C)c1-c1c2ccccc2nn1-c1[c-]c(Oc2[c-]c3c(cc2)c2ccccc2n3-c2cc(C(C)(C)C)ccn2)ccc1.[Pt+2]. The van der Waals surface area contributed by atoms with Crippen molar-refractivity contribution in [2.45, 2.75) is 65.7 Å². The third-order valence-electron chi connectivity index (χ3n) is 9.79. The van der Waals surface area contributed by atoms with Gasteiger partial charge in [-0.2, -0.15) is 17.2 Å². The minimum absolute atomic E-state index is 0. The van der Waals surface area contributed by atoms with Gasteiger partial charge < -0.3 is 9.30 Å². The summed E-state index contributed by atoms with van der Waals surface area (Å²) in [5.74, 6) is 2.73. The molecule has 5 nitrogen and oxygen atoms in total. The van der Waals surface area contributed by atoms with Crippen molar-refractivity contribution in [3.63, 3.8) is 0 Å². The quantitative estimate of drug-likeness (QED) is 0.150. The van der Waals surface area contributed by atoms with Crippen LogP contribution in [0.5, 0.6) is 11.5 Å². The van der Waals surface area contributed by atoms with Gasteiger partial charge in [0.15, 0.2) is 0 Å². The molecule has 0 saturated heterocycles. The van der Waals surface area contributed by atoms with Crippen LogP contribution in [0.2, 0.25) is 0 Å². The van der Waals surface area contributed by atoms with E-state index in [1.807, 2.05) is 41.2 Å². The van der Waals surface area contributed by atoms with E-state index in [1.165, 1.54) is 22.3 Å². The molecule has 3 heterocycles. The van der Waals surface area contributed by atoms with Gasteiger partial charge in [-0.05, 0) is 69.3 Å². The van der Waals surface area contributed by atoms with Crippen LogP contribution in [0.25, 0.3) is 55.5 Å². The van der Waals surface area contributed by atoms with E-state index in [0.717, 1.165) is 49.9 Å². The van der Waals surface area contributed by atoms with Crippen LogP contribution in [-0.4, -0.2) is 19.3 Å². The predicted molar refractivity (Wildman–Crippen MR) is 210 cm³/mol. The number of rotatable bonds is 7. The predicted octanol–water partition coefficient (Wildman–Crippen LogP) is 12.1.